The highest BCUT2D eigenvalue weighted by Gasteiger charge is 2.40. The quantitative estimate of drug-likeness (QED) is 0.179. The molecule has 0 unspecified atom stereocenters. The molecule has 0 radical (unpaired) electrons. The van der Waals surface area contributed by atoms with Crippen molar-refractivity contribution in [3.8, 4) is 5.69 Å². The molecule has 5 nitrogen and oxygen atoms in total. The van der Waals surface area contributed by atoms with Crippen molar-refractivity contribution in [3.05, 3.63) is 94.4 Å². The normalized spacial score (nSPS) is 12.7. The number of hydrogen-bond donors (Lipinski definition) is 0. The van der Waals surface area contributed by atoms with Crippen LogP contribution < -0.4 is 0 Å². The Morgan fingerprint density at radius 1 is 0.854 bits per heavy atom. The molecule has 11 heteroatoms. The van der Waals surface area contributed by atoms with E-state index in [2.05, 4.69) is 9.97 Å². The number of nitrogens with zero attached hydrogens (tertiary/aromatic N) is 5. The first-order chi connectivity index (χ1) is 19.3. The zero-order valence-corrected chi connectivity index (χ0v) is 22.8. The van der Waals surface area contributed by atoms with Gasteiger partial charge in [-0.1, -0.05) is 48.0 Å². The van der Waals surface area contributed by atoms with Gasteiger partial charge in [0.05, 0.1) is 23.3 Å². The fourth-order valence-electron chi connectivity index (χ4n) is 5.48. The van der Waals surface area contributed by atoms with Gasteiger partial charge in [0.15, 0.2) is 11.3 Å². The first kappa shape index (κ1) is 28.7. The van der Waals surface area contributed by atoms with Crippen molar-refractivity contribution in [2.75, 3.05) is 13.1 Å². The highest BCUT2D eigenvalue weighted by molar-refractivity contribution is 5.81. The van der Waals surface area contributed by atoms with Gasteiger partial charge in [-0.2, -0.15) is 26.3 Å². The fourth-order valence-corrected chi connectivity index (χ4v) is 5.48. The van der Waals surface area contributed by atoms with Crippen LogP contribution >= 0.6 is 0 Å². The highest BCUT2D eigenvalue weighted by Crippen LogP contribution is 2.37. The predicted molar refractivity (Wildman–Crippen MR) is 145 cm³/mol. The third kappa shape index (κ3) is 5.95. The third-order valence-corrected chi connectivity index (χ3v) is 7.15. The van der Waals surface area contributed by atoms with E-state index in [4.69, 9.17) is 0 Å². The molecule has 41 heavy (non-hydrogen) atoms. The van der Waals surface area contributed by atoms with Crippen LogP contribution in [0.4, 0.5) is 26.3 Å². The van der Waals surface area contributed by atoms with E-state index >= 15 is 0 Å². The Labute approximate surface area is 233 Å². The summed E-state index contributed by atoms with van der Waals surface area (Å²) in [7, 11) is 0. The monoisotopic (exact) mass is 573 g/mol. The average Bonchev–Trinajstić information content (AvgIpc) is 3.41. The molecular formula is C30H29F6N5. The minimum absolute atomic E-state index is 0.00917. The van der Waals surface area contributed by atoms with Crippen LogP contribution in [0.1, 0.15) is 40.1 Å². The summed E-state index contributed by atoms with van der Waals surface area (Å²) in [5, 5.41) is 0. The average molecular weight is 574 g/mol. The van der Waals surface area contributed by atoms with Crippen LogP contribution in [0, 0.1) is 20.8 Å². The van der Waals surface area contributed by atoms with Crippen LogP contribution in [0.15, 0.2) is 60.8 Å². The van der Waals surface area contributed by atoms with Crippen molar-refractivity contribution in [3.63, 3.8) is 0 Å². The number of imidazole rings is 2. The maximum absolute atomic E-state index is 14.5. The van der Waals surface area contributed by atoms with Gasteiger partial charge in [-0.15, -0.1) is 0 Å². The SMILES string of the molecule is Cc1cc(C)c(-n2c3ncccc3n3c(CN(CCc4ccccc4)CCC(F)(F)F)c(C(F)(F)F)nc23)c(C)c1. The van der Waals surface area contributed by atoms with E-state index < -0.39 is 31.0 Å². The molecule has 216 valence electrons. The van der Waals surface area contributed by atoms with Crippen LogP contribution in [-0.2, 0) is 19.1 Å². The molecule has 0 saturated heterocycles. The van der Waals surface area contributed by atoms with E-state index in [-0.39, 0.29) is 24.6 Å². The van der Waals surface area contributed by atoms with E-state index in [0.29, 0.717) is 23.3 Å². The van der Waals surface area contributed by atoms with Gasteiger partial charge >= 0.3 is 12.4 Å². The Kier molecular flexibility index (Phi) is 7.58. The van der Waals surface area contributed by atoms with Crippen LogP contribution in [0.25, 0.3) is 22.6 Å². The molecule has 0 spiro atoms. The maximum atomic E-state index is 14.5. The second-order valence-corrected chi connectivity index (χ2v) is 10.3. The molecule has 0 atom stereocenters. The van der Waals surface area contributed by atoms with Crippen molar-refractivity contribution in [1.29, 1.82) is 0 Å². The summed E-state index contributed by atoms with van der Waals surface area (Å²) in [6, 6.07) is 16.3. The van der Waals surface area contributed by atoms with Crippen LogP contribution in [0.2, 0.25) is 0 Å². The van der Waals surface area contributed by atoms with E-state index in [1.807, 2.05) is 63.2 Å². The second-order valence-electron chi connectivity index (χ2n) is 10.3. The Hall–Kier alpha value is -3.86. The molecule has 5 aromatic rings. The highest BCUT2D eigenvalue weighted by atomic mass is 19.4. The lowest BCUT2D eigenvalue weighted by atomic mass is 10.1. The van der Waals surface area contributed by atoms with Gasteiger partial charge in [0.1, 0.15) is 0 Å². The first-order valence-electron chi connectivity index (χ1n) is 13.2. The van der Waals surface area contributed by atoms with Crippen molar-refractivity contribution >= 4 is 16.9 Å². The van der Waals surface area contributed by atoms with Gasteiger partial charge in [-0.3, -0.25) is 13.9 Å². The third-order valence-electron chi connectivity index (χ3n) is 7.15. The summed E-state index contributed by atoms with van der Waals surface area (Å²) >= 11 is 0. The van der Waals surface area contributed by atoms with Crippen molar-refractivity contribution in [2.45, 2.75) is 52.5 Å². The summed E-state index contributed by atoms with van der Waals surface area (Å²) in [5.41, 5.74) is 3.67. The molecule has 0 fully saturated rings. The van der Waals surface area contributed by atoms with Crippen molar-refractivity contribution < 1.29 is 26.3 Å². The second kappa shape index (κ2) is 10.8. The summed E-state index contributed by atoms with van der Waals surface area (Å²) in [6.07, 6.45) is -8.49. The van der Waals surface area contributed by atoms with Gasteiger partial charge in [0, 0.05) is 25.8 Å². The molecule has 0 aliphatic rings. The lowest BCUT2D eigenvalue weighted by molar-refractivity contribution is -0.143. The molecular weight excluding hydrogens is 544 g/mol. The van der Waals surface area contributed by atoms with E-state index in [9.17, 15) is 26.3 Å². The van der Waals surface area contributed by atoms with Crippen LogP contribution in [-0.4, -0.2) is 43.1 Å². The van der Waals surface area contributed by atoms with E-state index in [1.54, 1.807) is 22.9 Å². The molecule has 3 aromatic heterocycles. The summed E-state index contributed by atoms with van der Waals surface area (Å²) < 4.78 is 86.2. The van der Waals surface area contributed by atoms with Gasteiger partial charge in [0.25, 0.3) is 0 Å². The molecule has 0 saturated carbocycles. The molecule has 3 heterocycles. The van der Waals surface area contributed by atoms with E-state index in [1.165, 1.54) is 9.30 Å². The summed E-state index contributed by atoms with van der Waals surface area (Å²) in [6.45, 7) is 4.99. The molecule has 0 N–H and O–H groups in total. The standard InChI is InChI=1S/C30H29F6N5/c1-19-16-20(2)25(21(3)17-19)41-27-23(10-7-13-37-27)40-24(26(30(34,35)36)38-28(40)41)18-39(15-12-29(31,32)33)14-11-22-8-5-4-6-9-22/h4-10,13,16-17H,11-12,14-15,18H2,1-3H3. The number of aryl methyl sites for hydroxylation is 3. The minimum Gasteiger partial charge on any atom is -0.297 e. The van der Waals surface area contributed by atoms with Crippen LogP contribution in [0.3, 0.4) is 0 Å². The smallest absolute Gasteiger partial charge is 0.297 e. The number of fused-ring (bicyclic) bond motifs is 3. The molecule has 0 amide bonds. The molecule has 2 aromatic carbocycles. The summed E-state index contributed by atoms with van der Waals surface area (Å²) in [4.78, 5) is 10.00. The van der Waals surface area contributed by atoms with Gasteiger partial charge < -0.3 is 0 Å². The maximum Gasteiger partial charge on any atom is 0.435 e. The van der Waals surface area contributed by atoms with Gasteiger partial charge in [-0.05, 0) is 56.0 Å². The van der Waals surface area contributed by atoms with Gasteiger partial charge in [-0.25, -0.2) is 9.97 Å². The number of halogens is 6. The zero-order chi connectivity index (χ0) is 29.5. The largest absolute Gasteiger partial charge is 0.435 e. The summed E-state index contributed by atoms with van der Waals surface area (Å²) in [5.74, 6) is 0.00917. The van der Waals surface area contributed by atoms with Crippen molar-refractivity contribution in [2.24, 2.45) is 0 Å². The Bertz CT molecular complexity index is 1660. The number of alkyl halides is 6. The lowest BCUT2D eigenvalue weighted by Crippen LogP contribution is -2.31. The number of rotatable bonds is 8. The topological polar surface area (TPSA) is 38.4 Å². The number of hydrogen-bond acceptors (Lipinski definition) is 3. The van der Waals surface area contributed by atoms with Crippen LogP contribution in [0.5, 0.6) is 0 Å². The first-order valence-corrected chi connectivity index (χ1v) is 13.2. The predicted octanol–water partition coefficient (Wildman–Crippen LogP) is 7.61. The molecule has 0 bridgehead atoms. The van der Waals surface area contributed by atoms with Gasteiger partial charge in [0.2, 0.25) is 5.78 Å². The number of benzene rings is 2. The Morgan fingerprint density at radius 2 is 1.54 bits per heavy atom. The Balaban J connectivity index is 1.69. The zero-order valence-electron chi connectivity index (χ0n) is 22.8. The number of aromatic nitrogens is 4. The lowest BCUT2D eigenvalue weighted by Gasteiger charge is -2.23. The Morgan fingerprint density at radius 3 is 2.17 bits per heavy atom. The van der Waals surface area contributed by atoms with Crippen molar-refractivity contribution in [1.82, 2.24) is 23.8 Å². The molecule has 0 aliphatic carbocycles. The molecule has 0 aliphatic heterocycles. The minimum atomic E-state index is -4.83. The number of pyridine rings is 1. The van der Waals surface area contributed by atoms with E-state index in [0.717, 1.165) is 22.3 Å². The fraction of sp³-hybridized carbons (Fsp3) is 0.333. The molecule has 5 rings (SSSR count).